The highest BCUT2D eigenvalue weighted by atomic mass is 16.5. The molecule has 0 saturated heterocycles. The van der Waals surface area contributed by atoms with Gasteiger partial charge in [0.25, 0.3) is 11.8 Å². The van der Waals surface area contributed by atoms with Crippen molar-refractivity contribution in [2.75, 3.05) is 26.1 Å². The van der Waals surface area contributed by atoms with Gasteiger partial charge in [-0.3, -0.25) is 0 Å². The van der Waals surface area contributed by atoms with Crippen LogP contribution < -0.4 is 9.64 Å². The van der Waals surface area contributed by atoms with Gasteiger partial charge in [0, 0.05) is 25.5 Å². The fraction of sp³-hybridized carbons (Fsp3) is 0.214. The standard InChI is InChI=1S/C14H14N4O2/c1-18(2)14-16-13(20-17-14)10-8-12(19-3)15-11-7-5-4-6-9(10)11/h4-8H,1-3H3. The molecule has 2 heterocycles. The number of para-hydroxylation sites is 1. The van der Waals surface area contributed by atoms with E-state index in [1.54, 1.807) is 18.1 Å². The zero-order valence-electron chi connectivity index (χ0n) is 11.5. The van der Waals surface area contributed by atoms with Gasteiger partial charge in [-0.05, 0) is 11.2 Å². The number of benzene rings is 1. The van der Waals surface area contributed by atoms with E-state index in [9.17, 15) is 0 Å². The summed E-state index contributed by atoms with van der Waals surface area (Å²) in [4.78, 5) is 10.6. The first kappa shape index (κ1) is 12.4. The molecule has 0 spiro atoms. The second-order valence-electron chi connectivity index (χ2n) is 4.52. The molecule has 3 aromatic rings. The van der Waals surface area contributed by atoms with Gasteiger partial charge in [-0.2, -0.15) is 4.98 Å². The molecule has 0 amide bonds. The van der Waals surface area contributed by atoms with Crippen LogP contribution in [0, 0.1) is 0 Å². The van der Waals surface area contributed by atoms with Crippen LogP contribution >= 0.6 is 0 Å². The van der Waals surface area contributed by atoms with E-state index in [1.165, 1.54) is 0 Å². The molecule has 0 radical (unpaired) electrons. The number of rotatable bonds is 3. The minimum atomic E-state index is 0.450. The summed E-state index contributed by atoms with van der Waals surface area (Å²) in [5.41, 5.74) is 1.64. The molecule has 6 heteroatoms. The van der Waals surface area contributed by atoms with Crippen LogP contribution in [0.3, 0.4) is 0 Å². The number of ether oxygens (including phenoxy) is 1. The van der Waals surface area contributed by atoms with E-state index in [-0.39, 0.29) is 0 Å². The average molecular weight is 270 g/mol. The van der Waals surface area contributed by atoms with E-state index in [0.717, 1.165) is 16.5 Å². The van der Waals surface area contributed by atoms with Crippen LogP contribution in [0.2, 0.25) is 0 Å². The largest absolute Gasteiger partial charge is 0.481 e. The van der Waals surface area contributed by atoms with E-state index in [1.807, 2.05) is 38.4 Å². The second-order valence-corrected chi connectivity index (χ2v) is 4.52. The quantitative estimate of drug-likeness (QED) is 0.728. The molecular weight excluding hydrogens is 256 g/mol. The molecule has 0 N–H and O–H groups in total. The van der Waals surface area contributed by atoms with Gasteiger partial charge in [0.2, 0.25) is 5.88 Å². The predicted molar refractivity (Wildman–Crippen MR) is 75.9 cm³/mol. The predicted octanol–water partition coefficient (Wildman–Crippen LogP) is 2.36. The van der Waals surface area contributed by atoms with Crippen molar-refractivity contribution in [3.05, 3.63) is 30.3 Å². The van der Waals surface area contributed by atoms with Crippen LogP contribution in [0.5, 0.6) is 5.88 Å². The molecule has 3 rings (SSSR count). The molecule has 0 aliphatic heterocycles. The van der Waals surface area contributed by atoms with Gasteiger partial charge in [-0.15, -0.1) is 0 Å². The van der Waals surface area contributed by atoms with Crippen molar-refractivity contribution in [3.63, 3.8) is 0 Å². The lowest BCUT2D eigenvalue weighted by Gasteiger charge is -2.05. The zero-order chi connectivity index (χ0) is 14.1. The number of anilines is 1. The third-order valence-electron chi connectivity index (χ3n) is 2.95. The van der Waals surface area contributed by atoms with Crippen molar-refractivity contribution in [2.24, 2.45) is 0 Å². The maximum Gasteiger partial charge on any atom is 0.265 e. The molecule has 0 fully saturated rings. The average Bonchev–Trinajstić information content (AvgIpc) is 2.96. The number of nitrogens with zero attached hydrogens (tertiary/aromatic N) is 4. The summed E-state index contributed by atoms with van der Waals surface area (Å²) in [6.45, 7) is 0. The van der Waals surface area contributed by atoms with Crippen LogP contribution in [-0.4, -0.2) is 36.3 Å². The van der Waals surface area contributed by atoms with Gasteiger partial charge >= 0.3 is 0 Å². The normalized spacial score (nSPS) is 10.8. The highest BCUT2D eigenvalue weighted by Crippen LogP contribution is 2.30. The minimum Gasteiger partial charge on any atom is -0.481 e. The Kier molecular flexibility index (Phi) is 2.98. The first-order valence-corrected chi connectivity index (χ1v) is 6.14. The molecule has 0 atom stereocenters. The lowest BCUT2D eigenvalue weighted by molar-refractivity contribution is 0.399. The Labute approximate surface area is 116 Å². The van der Waals surface area contributed by atoms with Crippen LogP contribution in [0.25, 0.3) is 22.4 Å². The Balaban J connectivity index is 2.22. The molecule has 0 unspecified atom stereocenters. The molecular formula is C14H14N4O2. The van der Waals surface area contributed by atoms with Crippen LogP contribution in [0.1, 0.15) is 0 Å². The Morgan fingerprint density at radius 3 is 2.65 bits per heavy atom. The highest BCUT2D eigenvalue weighted by Gasteiger charge is 2.15. The second kappa shape index (κ2) is 4.80. The van der Waals surface area contributed by atoms with Crippen LogP contribution in [0.4, 0.5) is 5.95 Å². The minimum absolute atomic E-state index is 0.450. The summed E-state index contributed by atoms with van der Waals surface area (Å²) in [5.74, 6) is 1.49. The van der Waals surface area contributed by atoms with Crippen molar-refractivity contribution in [1.82, 2.24) is 15.1 Å². The molecule has 1 aromatic carbocycles. The smallest absolute Gasteiger partial charge is 0.265 e. The maximum atomic E-state index is 5.33. The van der Waals surface area contributed by atoms with Crippen molar-refractivity contribution in [2.45, 2.75) is 0 Å². The zero-order valence-corrected chi connectivity index (χ0v) is 11.5. The number of methoxy groups -OCH3 is 1. The molecule has 2 aromatic heterocycles. The van der Waals surface area contributed by atoms with Gasteiger partial charge in [0.05, 0.1) is 18.2 Å². The summed E-state index contributed by atoms with van der Waals surface area (Å²) < 4.78 is 10.6. The van der Waals surface area contributed by atoms with E-state index in [2.05, 4.69) is 15.1 Å². The molecule has 0 saturated carbocycles. The Hall–Kier alpha value is -2.63. The first-order chi connectivity index (χ1) is 9.69. The van der Waals surface area contributed by atoms with Gasteiger partial charge in [0.1, 0.15) is 0 Å². The van der Waals surface area contributed by atoms with Gasteiger partial charge in [0.15, 0.2) is 0 Å². The number of pyridine rings is 1. The van der Waals surface area contributed by atoms with E-state index in [4.69, 9.17) is 9.26 Å². The summed E-state index contributed by atoms with van der Waals surface area (Å²) in [6.07, 6.45) is 0. The third-order valence-corrected chi connectivity index (χ3v) is 2.95. The van der Waals surface area contributed by atoms with Crippen LogP contribution in [0.15, 0.2) is 34.9 Å². The Morgan fingerprint density at radius 2 is 1.95 bits per heavy atom. The van der Waals surface area contributed by atoms with E-state index in [0.29, 0.717) is 17.7 Å². The SMILES string of the molecule is COc1cc(-c2nc(N(C)C)no2)c2ccccc2n1. The number of aromatic nitrogens is 3. The lowest BCUT2D eigenvalue weighted by Crippen LogP contribution is -2.10. The Morgan fingerprint density at radius 1 is 1.15 bits per heavy atom. The van der Waals surface area contributed by atoms with Crippen molar-refractivity contribution in [1.29, 1.82) is 0 Å². The number of hydrogen-bond acceptors (Lipinski definition) is 6. The summed E-state index contributed by atoms with van der Waals surface area (Å²) in [7, 11) is 5.31. The fourth-order valence-electron chi connectivity index (χ4n) is 1.94. The highest BCUT2D eigenvalue weighted by molar-refractivity contribution is 5.93. The molecule has 20 heavy (non-hydrogen) atoms. The fourth-order valence-corrected chi connectivity index (χ4v) is 1.94. The van der Waals surface area contributed by atoms with Crippen molar-refractivity contribution >= 4 is 16.9 Å². The van der Waals surface area contributed by atoms with Gasteiger partial charge < -0.3 is 14.2 Å². The van der Waals surface area contributed by atoms with Gasteiger partial charge in [-0.25, -0.2) is 4.98 Å². The number of fused-ring (bicyclic) bond motifs is 1. The van der Waals surface area contributed by atoms with Crippen LogP contribution in [-0.2, 0) is 0 Å². The third kappa shape index (κ3) is 2.05. The topological polar surface area (TPSA) is 64.3 Å². The van der Waals surface area contributed by atoms with E-state index >= 15 is 0 Å². The summed E-state index contributed by atoms with van der Waals surface area (Å²) >= 11 is 0. The van der Waals surface area contributed by atoms with Crippen molar-refractivity contribution in [3.8, 4) is 17.3 Å². The summed E-state index contributed by atoms with van der Waals surface area (Å²) in [5, 5.41) is 4.88. The van der Waals surface area contributed by atoms with Crippen molar-refractivity contribution < 1.29 is 9.26 Å². The molecule has 102 valence electrons. The molecule has 0 aliphatic carbocycles. The maximum absolute atomic E-state index is 5.33. The van der Waals surface area contributed by atoms with Gasteiger partial charge in [-0.1, -0.05) is 18.2 Å². The molecule has 0 aliphatic rings. The molecule has 0 bridgehead atoms. The van der Waals surface area contributed by atoms with E-state index < -0.39 is 0 Å². The molecule has 6 nitrogen and oxygen atoms in total. The Bertz CT molecular complexity index is 752. The number of hydrogen-bond donors (Lipinski definition) is 0. The summed E-state index contributed by atoms with van der Waals surface area (Å²) in [6, 6.07) is 9.57. The lowest BCUT2D eigenvalue weighted by atomic mass is 10.1. The monoisotopic (exact) mass is 270 g/mol. The first-order valence-electron chi connectivity index (χ1n) is 6.14.